The molecule has 3 atom stereocenters. The molecule has 1 saturated carbocycles. The fourth-order valence-electron chi connectivity index (χ4n) is 3.42. The Morgan fingerprint density at radius 3 is 2.81 bits per heavy atom. The first-order valence-corrected chi connectivity index (χ1v) is 8.06. The van der Waals surface area contributed by atoms with E-state index in [1.165, 1.54) is 0 Å². The Labute approximate surface area is 131 Å². The molecule has 116 valence electrons. The molecular formula is C17H24ClNO2. The van der Waals surface area contributed by atoms with Crippen LogP contribution < -0.4 is 0 Å². The van der Waals surface area contributed by atoms with Crippen LogP contribution in [0, 0.1) is 11.8 Å². The van der Waals surface area contributed by atoms with Crippen LogP contribution in [0.5, 0.6) is 0 Å². The number of halogens is 1. The predicted molar refractivity (Wildman–Crippen MR) is 85.5 cm³/mol. The van der Waals surface area contributed by atoms with Gasteiger partial charge in [0.2, 0.25) is 0 Å². The van der Waals surface area contributed by atoms with E-state index in [2.05, 4.69) is 11.8 Å². The highest BCUT2D eigenvalue weighted by Gasteiger charge is 2.36. The number of nitrogens with zero attached hydrogens (tertiary/aromatic N) is 1. The molecule has 2 rings (SSSR count). The Bertz CT molecular complexity index is 491. The lowest BCUT2D eigenvalue weighted by Crippen LogP contribution is -2.45. The zero-order chi connectivity index (χ0) is 15.4. The van der Waals surface area contributed by atoms with Crippen molar-refractivity contribution in [2.75, 3.05) is 7.05 Å². The van der Waals surface area contributed by atoms with Gasteiger partial charge < -0.3 is 5.11 Å². The first kappa shape index (κ1) is 16.3. The number of carbonyl (C=O) groups is 1. The van der Waals surface area contributed by atoms with Gasteiger partial charge in [-0.1, -0.05) is 37.1 Å². The van der Waals surface area contributed by atoms with Gasteiger partial charge in [-0.05, 0) is 49.9 Å². The van der Waals surface area contributed by atoms with Crippen LogP contribution in [0.3, 0.4) is 0 Å². The van der Waals surface area contributed by atoms with Crippen molar-refractivity contribution in [1.29, 1.82) is 0 Å². The van der Waals surface area contributed by atoms with Crippen molar-refractivity contribution in [3.05, 3.63) is 34.9 Å². The normalized spacial score (nSPS) is 26.0. The summed E-state index contributed by atoms with van der Waals surface area (Å²) in [7, 11) is 2.03. The van der Waals surface area contributed by atoms with Gasteiger partial charge in [-0.3, -0.25) is 9.69 Å². The zero-order valence-corrected chi connectivity index (χ0v) is 13.5. The predicted octanol–water partition coefficient (Wildman–Crippen LogP) is 4.05. The Morgan fingerprint density at radius 1 is 1.43 bits per heavy atom. The molecule has 0 heterocycles. The van der Waals surface area contributed by atoms with E-state index in [1.54, 1.807) is 0 Å². The molecule has 1 N–H and O–H groups in total. The van der Waals surface area contributed by atoms with Gasteiger partial charge in [-0.15, -0.1) is 0 Å². The van der Waals surface area contributed by atoms with Gasteiger partial charge in [-0.25, -0.2) is 0 Å². The monoisotopic (exact) mass is 309 g/mol. The second-order valence-electron chi connectivity index (χ2n) is 6.14. The third kappa shape index (κ3) is 4.21. The Balaban J connectivity index is 2.09. The number of hydrogen-bond acceptors (Lipinski definition) is 2. The molecule has 3 nitrogen and oxygen atoms in total. The Morgan fingerprint density at radius 2 is 2.19 bits per heavy atom. The maximum Gasteiger partial charge on any atom is 0.308 e. The van der Waals surface area contributed by atoms with Crippen molar-refractivity contribution in [2.24, 2.45) is 11.8 Å². The molecule has 1 aliphatic carbocycles. The first-order chi connectivity index (χ1) is 10.0. The van der Waals surface area contributed by atoms with Crippen molar-refractivity contribution in [3.63, 3.8) is 0 Å². The summed E-state index contributed by atoms with van der Waals surface area (Å²) in [5.74, 6) is -0.267. The second-order valence-corrected chi connectivity index (χ2v) is 6.58. The summed E-state index contributed by atoms with van der Waals surface area (Å²) in [6.07, 6.45) is 3.94. The molecule has 21 heavy (non-hydrogen) atoms. The van der Waals surface area contributed by atoms with Crippen molar-refractivity contribution < 1.29 is 9.90 Å². The summed E-state index contributed by atoms with van der Waals surface area (Å²) in [6, 6.07) is 7.90. The molecule has 4 heteroatoms. The lowest BCUT2D eigenvalue weighted by atomic mass is 9.76. The van der Waals surface area contributed by atoms with Crippen molar-refractivity contribution in [3.8, 4) is 0 Å². The summed E-state index contributed by atoms with van der Waals surface area (Å²) in [5, 5.41) is 10.2. The van der Waals surface area contributed by atoms with E-state index < -0.39 is 5.97 Å². The molecule has 0 spiro atoms. The second kappa shape index (κ2) is 7.28. The maximum atomic E-state index is 11.5. The number of rotatable bonds is 5. The summed E-state index contributed by atoms with van der Waals surface area (Å²) < 4.78 is 0. The molecule has 0 saturated heterocycles. The van der Waals surface area contributed by atoms with Gasteiger partial charge in [0.15, 0.2) is 0 Å². The average Bonchev–Trinajstić information content (AvgIpc) is 2.46. The minimum absolute atomic E-state index is 0.111. The molecule has 0 amide bonds. The molecule has 1 aromatic rings. The number of benzene rings is 1. The third-order valence-corrected chi connectivity index (χ3v) is 4.94. The molecule has 1 aromatic carbocycles. The van der Waals surface area contributed by atoms with Crippen molar-refractivity contribution in [2.45, 2.75) is 45.2 Å². The minimum Gasteiger partial charge on any atom is -0.481 e. The van der Waals surface area contributed by atoms with E-state index in [4.69, 9.17) is 11.6 Å². The Kier molecular flexibility index (Phi) is 5.65. The van der Waals surface area contributed by atoms with Gasteiger partial charge in [0.05, 0.1) is 5.92 Å². The zero-order valence-electron chi connectivity index (χ0n) is 12.8. The van der Waals surface area contributed by atoms with E-state index >= 15 is 0 Å². The highest BCUT2D eigenvalue weighted by molar-refractivity contribution is 6.30. The quantitative estimate of drug-likeness (QED) is 0.892. The van der Waals surface area contributed by atoms with Gasteiger partial charge in [0.1, 0.15) is 0 Å². The summed E-state index contributed by atoms with van der Waals surface area (Å²) in [6.45, 7) is 2.94. The molecule has 0 radical (unpaired) electrons. The molecule has 3 unspecified atom stereocenters. The minimum atomic E-state index is -0.660. The number of hydrogen-bond donors (Lipinski definition) is 1. The lowest BCUT2D eigenvalue weighted by Gasteiger charge is -2.39. The molecule has 1 fully saturated rings. The van der Waals surface area contributed by atoms with Crippen molar-refractivity contribution >= 4 is 17.6 Å². The van der Waals surface area contributed by atoms with Crippen LogP contribution in [0.1, 0.15) is 38.2 Å². The van der Waals surface area contributed by atoms with E-state index in [1.807, 2.05) is 31.3 Å². The van der Waals surface area contributed by atoms with E-state index in [-0.39, 0.29) is 12.0 Å². The fourth-order valence-corrected chi connectivity index (χ4v) is 3.63. The van der Waals surface area contributed by atoms with Crippen LogP contribution in [0.4, 0.5) is 0 Å². The van der Waals surface area contributed by atoms with Crippen LogP contribution in [-0.4, -0.2) is 29.1 Å². The van der Waals surface area contributed by atoms with Gasteiger partial charge in [0.25, 0.3) is 0 Å². The molecule has 0 bridgehead atoms. The van der Waals surface area contributed by atoms with E-state index in [0.29, 0.717) is 5.92 Å². The molecule has 0 aromatic heterocycles. The molecule has 0 aliphatic heterocycles. The van der Waals surface area contributed by atoms with E-state index in [9.17, 15) is 9.90 Å². The molecule has 1 aliphatic rings. The SMILES string of the molecule is CCC1CCC(C(=O)O)C(N(C)Cc2cccc(Cl)c2)C1. The highest BCUT2D eigenvalue weighted by atomic mass is 35.5. The summed E-state index contributed by atoms with van der Waals surface area (Å²) in [4.78, 5) is 13.7. The van der Waals surface area contributed by atoms with Gasteiger partial charge in [0, 0.05) is 17.6 Å². The van der Waals surface area contributed by atoms with Crippen LogP contribution >= 0.6 is 11.6 Å². The number of carboxylic acid groups (broad SMARTS) is 1. The van der Waals surface area contributed by atoms with Gasteiger partial charge in [-0.2, -0.15) is 0 Å². The maximum absolute atomic E-state index is 11.5. The summed E-state index contributed by atoms with van der Waals surface area (Å²) in [5.41, 5.74) is 1.13. The highest BCUT2D eigenvalue weighted by Crippen LogP contribution is 2.34. The van der Waals surface area contributed by atoms with Gasteiger partial charge >= 0.3 is 5.97 Å². The fraction of sp³-hybridized carbons (Fsp3) is 0.588. The van der Waals surface area contributed by atoms with Crippen LogP contribution in [0.2, 0.25) is 5.02 Å². The lowest BCUT2D eigenvalue weighted by molar-refractivity contribution is -0.146. The number of carboxylic acids is 1. The van der Waals surface area contributed by atoms with Crippen LogP contribution in [0.15, 0.2) is 24.3 Å². The van der Waals surface area contributed by atoms with Crippen LogP contribution in [0.25, 0.3) is 0 Å². The summed E-state index contributed by atoms with van der Waals surface area (Å²) >= 11 is 6.03. The van der Waals surface area contributed by atoms with Crippen molar-refractivity contribution in [1.82, 2.24) is 4.90 Å². The first-order valence-electron chi connectivity index (χ1n) is 7.68. The van der Waals surface area contributed by atoms with Crippen LogP contribution in [-0.2, 0) is 11.3 Å². The Hall–Kier alpha value is -1.06. The largest absolute Gasteiger partial charge is 0.481 e. The number of aliphatic carboxylic acids is 1. The van der Waals surface area contributed by atoms with E-state index in [0.717, 1.165) is 42.8 Å². The standard InChI is InChI=1S/C17H24ClNO2/c1-3-12-7-8-15(17(20)21)16(10-12)19(2)11-13-5-4-6-14(18)9-13/h4-6,9,12,15-16H,3,7-8,10-11H2,1-2H3,(H,20,21). The third-order valence-electron chi connectivity index (χ3n) is 4.71. The topological polar surface area (TPSA) is 40.5 Å². The molecular weight excluding hydrogens is 286 g/mol. The smallest absolute Gasteiger partial charge is 0.308 e. The average molecular weight is 310 g/mol.